The van der Waals surface area contributed by atoms with E-state index in [1.807, 2.05) is 38.2 Å². The zero-order valence-electron chi connectivity index (χ0n) is 14.3. The average Bonchev–Trinajstić information content (AvgIpc) is 3.27. The third kappa shape index (κ3) is 2.36. The maximum absolute atomic E-state index is 12.6. The lowest BCUT2D eigenvalue weighted by molar-refractivity contribution is -0.125. The van der Waals surface area contributed by atoms with Gasteiger partial charge in [-0.15, -0.1) is 0 Å². The van der Waals surface area contributed by atoms with Gasteiger partial charge in [0.2, 0.25) is 11.8 Å². The van der Waals surface area contributed by atoms with Crippen LogP contribution in [0.25, 0.3) is 6.08 Å². The lowest BCUT2D eigenvalue weighted by Crippen LogP contribution is -2.38. The molecule has 6 nitrogen and oxygen atoms in total. The lowest BCUT2D eigenvalue weighted by Gasteiger charge is -2.21. The molecule has 0 aliphatic carbocycles. The van der Waals surface area contributed by atoms with Gasteiger partial charge in [0.25, 0.3) is 0 Å². The van der Waals surface area contributed by atoms with Crippen molar-refractivity contribution >= 4 is 23.6 Å². The molecule has 3 heterocycles. The number of anilines is 1. The summed E-state index contributed by atoms with van der Waals surface area (Å²) in [5.74, 6) is -0.0756. The number of nitrogens with zero attached hydrogens (tertiary/aromatic N) is 3. The fourth-order valence-corrected chi connectivity index (χ4v) is 3.72. The molecule has 1 aromatic carbocycles. The number of aromatic nitrogens is 2. The number of carbonyl (C=O) groups is 2. The van der Waals surface area contributed by atoms with Crippen molar-refractivity contribution in [2.75, 3.05) is 18.4 Å². The Kier molecular flexibility index (Phi) is 3.49. The van der Waals surface area contributed by atoms with E-state index in [1.54, 1.807) is 27.9 Å². The number of hydrogen-bond acceptors (Lipinski definition) is 3. The molecule has 2 amide bonds. The molecule has 2 aliphatic rings. The number of fused-ring (bicyclic) bond motifs is 2. The van der Waals surface area contributed by atoms with Crippen molar-refractivity contribution in [3.05, 3.63) is 53.4 Å². The van der Waals surface area contributed by atoms with Crippen LogP contribution in [0, 0.1) is 6.92 Å². The lowest BCUT2D eigenvalue weighted by atomic mass is 9.81. The van der Waals surface area contributed by atoms with Gasteiger partial charge in [0, 0.05) is 43.2 Å². The zero-order chi connectivity index (χ0) is 17.6. The van der Waals surface area contributed by atoms with E-state index < -0.39 is 5.41 Å². The molecule has 1 unspecified atom stereocenters. The summed E-state index contributed by atoms with van der Waals surface area (Å²) < 4.78 is 1.77. The first kappa shape index (κ1) is 15.6. The van der Waals surface area contributed by atoms with Crippen LogP contribution in [-0.4, -0.2) is 39.6 Å². The molecule has 2 aromatic rings. The molecule has 2 aliphatic heterocycles. The van der Waals surface area contributed by atoms with Crippen LogP contribution in [0.3, 0.4) is 0 Å². The summed E-state index contributed by atoms with van der Waals surface area (Å²) in [6.45, 7) is 2.96. The first-order chi connectivity index (χ1) is 12.0. The first-order valence-electron chi connectivity index (χ1n) is 8.38. The number of carbonyl (C=O) groups excluding carboxylic acids is 2. The van der Waals surface area contributed by atoms with Crippen LogP contribution in [-0.2, 0) is 22.1 Å². The van der Waals surface area contributed by atoms with E-state index in [0.29, 0.717) is 19.5 Å². The number of benzene rings is 1. The monoisotopic (exact) mass is 336 g/mol. The van der Waals surface area contributed by atoms with E-state index in [1.165, 1.54) is 0 Å². The highest BCUT2D eigenvalue weighted by molar-refractivity contribution is 6.07. The Bertz CT molecular complexity index is 899. The van der Waals surface area contributed by atoms with Crippen molar-refractivity contribution in [1.29, 1.82) is 0 Å². The largest absolute Gasteiger partial charge is 0.338 e. The number of nitrogens with one attached hydrogen (secondary N) is 1. The normalized spacial score (nSPS) is 22.0. The molecular formula is C19H20N4O2. The van der Waals surface area contributed by atoms with Gasteiger partial charge < -0.3 is 10.2 Å². The van der Waals surface area contributed by atoms with Crippen LogP contribution >= 0.6 is 0 Å². The highest BCUT2D eigenvalue weighted by atomic mass is 16.2. The second-order valence-corrected chi connectivity index (χ2v) is 6.73. The van der Waals surface area contributed by atoms with Gasteiger partial charge >= 0.3 is 0 Å². The summed E-state index contributed by atoms with van der Waals surface area (Å²) in [5, 5.41) is 7.12. The topological polar surface area (TPSA) is 67.2 Å². The van der Waals surface area contributed by atoms with Crippen molar-refractivity contribution in [1.82, 2.24) is 14.7 Å². The van der Waals surface area contributed by atoms with Gasteiger partial charge in [-0.1, -0.05) is 18.2 Å². The van der Waals surface area contributed by atoms with Crippen LogP contribution in [0.1, 0.15) is 23.2 Å². The van der Waals surface area contributed by atoms with Crippen LogP contribution in [0.4, 0.5) is 5.69 Å². The Balaban J connectivity index is 1.54. The van der Waals surface area contributed by atoms with Crippen molar-refractivity contribution in [3.63, 3.8) is 0 Å². The molecule has 0 bridgehead atoms. The molecule has 25 heavy (non-hydrogen) atoms. The van der Waals surface area contributed by atoms with Crippen LogP contribution in [0.2, 0.25) is 0 Å². The summed E-state index contributed by atoms with van der Waals surface area (Å²) >= 11 is 0. The number of para-hydroxylation sites is 1. The molecule has 0 radical (unpaired) electrons. The van der Waals surface area contributed by atoms with Crippen molar-refractivity contribution < 1.29 is 9.59 Å². The SMILES string of the molecule is Cc1c(/C=C/C(=O)N2CCC3(C2)C(=O)Nc2ccccc23)cnn1C. The van der Waals surface area contributed by atoms with Gasteiger partial charge in [-0.3, -0.25) is 14.3 Å². The first-order valence-corrected chi connectivity index (χ1v) is 8.38. The maximum Gasteiger partial charge on any atom is 0.246 e. The number of likely N-dealkylation sites (tertiary alicyclic amines) is 1. The highest BCUT2D eigenvalue weighted by Gasteiger charge is 2.51. The van der Waals surface area contributed by atoms with Gasteiger partial charge in [0.05, 0.1) is 11.6 Å². The summed E-state index contributed by atoms with van der Waals surface area (Å²) in [6.07, 6.45) is 5.76. The van der Waals surface area contributed by atoms with Gasteiger partial charge in [0.1, 0.15) is 0 Å². The van der Waals surface area contributed by atoms with E-state index in [-0.39, 0.29) is 11.8 Å². The summed E-state index contributed by atoms with van der Waals surface area (Å²) in [6, 6.07) is 7.75. The van der Waals surface area contributed by atoms with Crippen LogP contribution < -0.4 is 5.32 Å². The van der Waals surface area contributed by atoms with Gasteiger partial charge in [0.15, 0.2) is 0 Å². The van der Waals surface area contributed by atoms with E-state index in [0.717, 1.165) is 22.5 Å². The maximum atomic E-state index is 12.6. The molecule has 1 saturated heterocycles. The fraction of sp³-hybridized carbons (Fsp3) is 0.316. The smallest absolute Gasteiger partial charge is 0.246 e. The average molecular weight is 336 g/mol. The van der Waals surface area contributed by atoms with Crippen molar-refractivity contribution in [2.24, 2.45) is 7.05 Å². The predicted octanol–water partition coefficient (Wildman–Crippen LogP) is 1.86. The molecule has 128 valence electrons. The van der Waals surface area contributed by atoms with Crippen LogP contribution in [0.15, 0.2) is 36.5 Å². The predicted molar refractivity (Wildman–Crippen MR) is 94.9 cm³/mol. The molecular weight excluding hydrogens is 316 g/mol. The molecule has 1 spiro atoms. The Morgan fingerprint density at radius 3 is 2.92 bits per heavy atom. The third-order valence-electron chi connectivity index (χ3n) is 5.39. The van der Waals surface area contributed by atoms with Crippen molar-refractivity contribution in [2.45, 2.75) is 18.8 Å². The quantitative estimate of drug-likeness (QED) is 0.851. The molecule has 1 fully saturated rings. The molecule has 1 aromatic heterocycles. The summed E-state index contributed by atoms with van der Waals surface area (Å²) in [5.41, 5.74) is 3.19. The summed E-state index contributed by atoms with van der Waals surface area (Å²) in [4.78, 5) is 26.9. The number of aryl methyl sites for hydroxylation is 1. The Morgan fingerprint density at radius 1 is 1.36 bits per heavy atom. The minimum absolute atomic E-state index is 0.00363. The molecule has 4 rings (SSSR count). The van der Waals surface area contributed by atoms with E-state index in [9.17, 15) is 9.59 Å². The highest BCUT2D eigenvalue weighted by Crippen LogP contribution is 2.44. The Hall–Kier alpha value is -2.89. The minimum Gasteiger partial charge on any atom is -0.338 e. The van der Waals surface area contributed by atoms with E-state index >= 15 is 0 Å². The number of amides is 2. The molecule has 1 atom stereocenters. The second-order valence-electron chi connectivity index (χ2n) is 6.73. The number of hydrogen-bond donors (Lipinski definition) is 1. The van der Waals surface area contributed by atoms with Gasteiger partial charge in [-0.05, 0) is 31.1 Å². The van der Waals surface area contributed by atoms with Crippen LogP contribution in [0.5, 0.6) is 0 Å². The second kappa shape index (κ2) is 5.58. The standard InChI is InChI=1S/C19H20N4O2/c1-13-14(11-20-22(13)2)7-8-17(24)23-10-9-19(12-23)15-5-3-4-6-16(15)21-18(19)25/h3-8,11H,9-10,12H2,1-2H3,(H,21,25)/b8-7+. The van der Waals surface area contributed by atoms with E-state index in [2.05, 4.69) is 10.4 Å². The Morgan fingerprint density at radius 2 is 2.16 bits per heavy atom. The molecule has 0 saturated carbocycles. The fourth-order valence-electron chi connectivity index (χ4n) is 3.72. The minimum atomic E-state index is -0.607. The van der Waals surface area contributed by atoms with Gasteiger partial charge in [-0.25, -0.2) is 0 Å². The van der Waals surface area contributed by atoms with Gasteiger partial charge in [-0.2, -0.15) is 5.10 Å². The van der Waals surface area contributed by atoms with Crippen molar-refractivity contribution in [3.8, 4) is 0 Å². The molecule has 6 heteroatoms. The zero-order valence-corrected chi connectivity index (χ0v) is 14.3. The third-order valence-corrected chi connectivity index (χ3v) is 5.39. The number of rotatable bonds is 2. The Labute approximate surface area is 146 Å². The molecule has 1 N–H and O–H groups in total. The van der Waals surface area contributed by atoms with E-state index in [4.69, 9.17) is 0 Å². The summed E-state index contributed by atoms with van der Waals surface area (Å²) in [7, 11) is 1.87.